The average molecular weight is 537 g/mol. The smallest absolute Gasteiger partial charge is 0.305 e. The third-order valence-corrected chi connectivity index (χ3v) is 6.86. The molecule has 1 aromatic heterocycles. The standard InChI is InChI=1S/C30H27ClF2N2O3/c1-2-3-22(18-4-6-20(7-5-18)30(38)35-15-13-28(36)37)29(19-8-10-21(31)11-9-19)23-12-14-34-27-17-26(33)25(32)16-24(23)27/h4-12,14,16-17,22,29H,2-3,13,15H2,1H3,(H,35,38)(H,36,37)/t22-,29?/m1/s1. The molecular weight excluding hydrogens is 510 g/mol. The van der Waals surface area contributed by atoms with Gasteiger partial charge in [0.05, 0.1) is 11.9 Å². The molecule has 5 nitrogen and oxygen atoms in total. The molecule has 196 valence electrons. The lowest BCUT2D eigenvalue weighted by atomic mass is 9.74. The Morgan fingerprint density at radius 2 is 1.63 bits per heavy atom. The van der Waals surface area contributed by atoms with Crippen molar-refractivity contribution in [1.29, 1.82) is 0 Å². The topological polar surface area (TPSA) is 79.3 Å². The van der Waals surface area contributed by atoms with Crippen LogP contribution in [0.3, 0.4) is 0 Å². The van der Waals surface area contributed by atoms with Crippen molar-refractivity contribution >= 4 is 34.4 Å². The maximum Gasteiger partial charge on any atom is 0.305 e. The van der Waals surface area contributed by atoms with Crippen molar-refractivity contribution in [2.24, 2.45) is 0 Å². The van der Waals surface area contributed by atoms with Crippen molar-refractivity contribution in [1.82, 2.24) is 10.3 Å². The molecule has 1 heterocycles. The number of carbonyl (C=O) groups excluding carboxylic acids is 1. The molecule has 0 spiro atoms. The molecule has 1 unspecified atom stereocenters. The van der Waals surface area contributed by atoms with Gasteiger partial charge in [0, 0.05) is 40.7 Å². The first-order valence-electron chi connectivity index (χ1n) is 12.4. The second-order valence-electron chi connectivity index (χ2n) is 9.13. The molecule has 2 N–H and O–H groups in total. The third-order valence-electron chi connectivity index (χ3n) is 6.61. The predicted molar refractivity (Wildman–Crippen MR) is 144 cm³/mol. The van der Waals surface area contributed by atoms with E-state index in [0.717, 1.165) is 35.6 Å². The zero-order valence-corrected chi connectivity index (χ0v) is 21.5. The van der Waals surface area contributed by atoms with Gasteiger partial charge < -0.3 is 10.4 Å². The highest BCUT2D eigenvalue weighted by atomic mass is 35.5. The Morgan fingerprint density at radius 1 is 0.974 bits per heavy atom. The summed E-state index contributed by atoms with van der Waals surface area (Å²) in [6.45, 7) is 2.12. The molecule has 0 fully saturated rings. The van der Waals surface area contributed by atoms with Gasteiger partial charge >= 0.3 is 5.97 Å². The van der Waals surface area contributed by atoms with Gasteiger partial charge in [-0.2, -0.15) is 0 Å². The van der Waals surface area contributed by atoms with E-state index in [9.17, 15) is 18.4 Å². The van der Waals surface area contributed by atoms with E-state index in [1.54, 1.807) is 30.5 Å². The zero-order chi connectivity index (χ0) is 27.2. The number of pyridine rings is 1. The quantitative estimate of drug-likeness (QED) is 0.227. The van der Waals surface area contributed by atoms with Crippen LogP contribution in [0.1, 0.15) is 65.1 Å². The number of aliphatic carboxylic acids is 1. The lowest BCUT2D eigenvalue weighted by Gasteiger charge is -2.30. The highest BCUT2D eigenvalue weighted by molar-refractivity contribution is 6.30. The van der Waals surface area contributed by atoms with Gasteiger partial charge in [-0.05, 0) is 65.4 Å². The molecule has 8 heteroatoms. The lowest BCUT2D eigenvalue weighted by Crippen LogP contribution is -2.26. The van der Waals surface area contributed by atoms with E-state index in [1.165, 1.54) is 6.07 Å². The number of benzene rings is 3. The van der Waals surface area contributed by atoms with Crippen LogP contribution in [0.4, 0.5) is 8.78 Å². The number of carboxylic acid groups (broad SMARTS) is 1. The summed E-state index contributed by atoms with van der Waals surface area (Å²) in [6, 6.07) is 18.8. The number of nitrogens with zero attached hydrogens (tertiary/aromatic N) is 1. The van der Waals surface area contributed by atoms with Crippen LogP contribution < -0.4 is 5.32 Å². The minimum Gasteiger partial charge on any atom is -0.481 e. The molecule has 0 aliphatic rings. The Labute approximate surface area is 224 Å². The molecule has 4 rings (SSSR count). The van der Waals surface area contributed by atoms with Crippen LogP contribution >= 0.6 is 11.6 Å². The highest BCUT2D eigenvalue weighted by Crippen LogP contribution is 2.44. The fourth-order valence-electron chi connectivity index (χ4n) is 4.84. The van der Waals surface area contributed by atoms with E-state index >= 15 is 0 Å². The second kappa shape index (κ2) is 12.1. The van der Waals surface area contributed by atoms with E-state index in [0.29, 0.717) is 21.5 Å². The molecule has 2 atom stereocenters. The van der Waals surface area contributed by atoms with Gasteiger partial charge in [0.15, 0.2) is 11.6 Å². The SMILES string of the molecule is CCC[C@H](c1ccc(C(=O)NCCC(=O)O)cc1)C(c1ccc(Cl)cc1)c1ccnc2cc(F)c(F)cc12. The molecule has 0 saturated heterocycles. The second-order valence-corrected chi connectivity index (χ2v) is 9.57. The largest absolute Gasteiger partial charge is 0.481 e. The number of rotatable bonds is 10. The van der Waals surface area contributed by atoms with E-state index in [-0.39, 0.29) is 30.7 Å². The van der Waals surface area contributed by atoms with Crippen LogP contribution in [0.25, 0.3) is 10.9 Å². The Kier molecular flexibility index (Phi) is 8.69. The predicted octanol–water partition coefficient (Wildman–Crippen LogP) is 7.09. The lowest BCUT2D eigenvalue weighted by molar-refractivity contribution is -0.136. The van der Waals surface area contributed by atoms with E-state index in [2.05, 4.69) is 17.2 Å². The molecule has 0 bridgehead atoms. The molecular formula is C30H27ClF2N2O3. The van der Waals surface area contributed by atoms with Crippen LogP contribution in [0.2, 0.25) is 5.02 Å². The number of amides is 1. The molecule has 38 heavy (non-hydrogen) atoms. The Bertz CT molecular complexity index is 1440. The number of aromatic nitrogens is 1. The van der Waals surface area contributed by atoms with Crippen LogP contribution in [-0.2, 0) is 4.79 Å². The maximum atomic E-state index is 14.4. The summed E-state index contributed by atoms with van der Waals surface area (Å²) in [6.07, 6.45) is 3.09. The number of carboxylic acids is 1. The average Bonchev–Trinajstić information content (AvgIpc) is 2.90. The Hall–Kier alpha value is -3.84. The molecule has 0 aliphatic carbocycles. The fraction of sp³-hybridized carbons (Fsp3) is 0.233. The molecule has 0 saturated carbocycles. The first-order chi connectivity index (χ1) is 18.3. The summed E-state index contributed by atoms with van der Waals surface area (Å²) in [7, 11) is 0. The summed E-state index contributed by atoms with van der Waals surface area (Å²) >= 11 is 6.18. The number of hydrogen-bond donors (Lipinski definition) is 2. The minimum absolute atomic E-state index is 0.0410. The van der Waals surface area contributed by atoms with Crippen molar-refractivity contribution in [2.45, 2.75) is 38.0 Å². The molecule has 0 radical (unpaired) electrons. The monoisotopic (exact) mass is 536 g/mol. The van der Waals surface area contributed by atoms with Gasteiger partial charge in [-0.25, -0.2) is 8.78 Å². The fourth-order valence-corrected chi connectivity index (χ4v) is 4.96. The van der Waals surface area contributed by atoms with Crippen molar-refractivity contribution in [3.8, 4) is 0 Å². The zero-order valence-electron chi connectivity index (χ0n) is 20.8. The summed E-state index contributed by atoms with van der Waals surface area (Å²) in [5.74, 6) is -3.53. The molecule has 3 aromatic carbocycles. The van der Waals surface area contributed by atoms with Gasteiger partial charge in [-0.15, -0.1) is 0 Å². The van der Waals surface area contributed by atoms with Crippen molar-refractivity contribution in [3.05, 3.63) is 112 Å². The summed E-state index contributed by atoms with van der Waals surface area (Å²) in [4.78, 5) is 27.5. The number of carbonyl (C=O) groups is 2. The van der Waals surface area contributed by atoms with Crippen LogP contribution in [-0.4, -0.2) is 28.5 Å². The van der Waals surface area contributed by atoms with Crippen LogP contribution in [0.5, 0.6) is 0 Å². The van der Waals surface area contributed by atoms with Gasteiger partial charge in [0.25, 0.3) is 5.91 Å². The van der Waals surface area contributed by atoms with E-state index in [1.807, 2.05) is 30.3 Å². The number of hydrogen-bond acceptors (Lipinski definition) is 3. The summed E-state index contributed by atoms with van der Waals surface area (Å²) in [5.41, 5.74) is 3.53. The van der Waals surface area contributed by atoms with Gasteiger partial charge in [-0.3, -0.25) is 14.6 Å². The van der Waals surface area contributed by atoms with Crippen LogP contribution in [0.15, 0.2) is 72.9 Å². The first kappa shape index (κ1) is 27.2. The van der Waals surface area contributed by atoms with Gasteiger partial charge in [0.1, 0.15) is 0 Å². The molecule has 1 amide bonds. The molecule has 4 aromatic rings. The van der Waals surface area contributed by atoms with Crippen molar-refractivity contribution in [2.75, 3.05) is 6.54 Å². The number of halogens is 3. The van der Waals surface area contributed by atoms with Gasteiger partial charge in [0.2, 0.25) is 0 Å². The van der Waals surface area contributed by atoms with Crippen LogP contribution in [0, 0.1) is 11.6 Å². The number of fused-ring (bicyclic) bond motifs is 1. The van der Waals surface area contributed by atoms with E-state index in [4.69, 9.17) is 16.7 Å². The number of nitrogens with one attached hydrogen (secondary N) is 1. The maximum absolute atomic E-state index is 14.4. The third kappa shape index (κ3) is 6.17. The first-order valence-corrected chi connectivity index (χ1v) is 12.7. The molecule has 0 aliphatic heterocycles. The van der Waals surface area contributed by atoms with E-state index < -0.39 is 17.6 Å². The Morgan fingerprint density at radius 3 is 2.29 bits per heavy atom. The summed E-state index contributed by atoms with van der Waals surface area (Å²) < 4.78 is 28.4. The minimum atomic E-state index is -0.984. The van der Waals surface area contributed by atoms with Crippen molar-refractivity contribution < 1.29 is 23.5 Å². The van der Waals surface area contributed by atoms with Gasteiger partial charge in [-0.1, -0.05) is 49.2 Å². The van der Waals surface area contributed by atoms with Crippen molar-refractivity contribution in [3.63, 3.8) is 0 Å². The highest BCUT2D eigenvalue weighted by Gasteiger charge is 2.28. The normalized spacial score (nSPS) is 12.7. The summed E-state index contributed by atoms with van der Waals surface area (Å²) in [5, 5.41) is 12.5. The Balaban J connectivity index is 1.78.